The van der Waals surface area contributed by atoms with Crippen LogP contribution in [0.3, 0.4) is 0 Å². The third kappa shape index (κ3) is 5.62. The number of nitrogens with one attached hydrogen (secondary N) is 1. The maximum Gasteiger partial charge on any atom is 0.232 e. The van der Waals surface area contributed by atoms with Gasteiger partial charge in [0, 0.05) is 13.1 Å². The number of carbonyl (C=O) groups is 1. The van der Waals surface area contributed by atoms with Gasteiger partial charge in [0.1, 0.15) is 12.4 Å². The summed E-state index contributed by atoms with van der Waals surface area (Å²) in [5, 5.41) is 12.5. The third-order valence-corrected chi connectivity index (χ3v) is 6.24. The van der Waals surface area contributed by atoms with Crippen LogP contribution in [0.25, 0.3) is 5.69 Å². The van der Waals surface area contributed by atoms with Crippen molar-refractivity contribution < 1.29 is 9.53 Å². The summed E-state index contributed by atoms with van der Waals surface area (Å²) in [6, 6.07) is 16.2. The van der Waals surface area contributed by atoms with Crippen molar-refractivity contribution in [1.82, 2.24) is 20.1 Å². The predicted octanol–water partition coefficient (Wildman–Crippen LogP) is 3.77. The Bertz CT molecular complexity index is 1040. The second kappa shape index (κ2) is 10.5. The van der Waals surface area contributed by atoms with Crippen molar-refractivity contribution >= 4 is 23.6 Å². The molecule has 1 aliphatic rings. The van der Waals surface area contributed by atoms with Crippen molar-refractivity contribution in [3.63, 3.8) is 0 Å². The number of carbonyl (C=O) groups excluding carboxylic acids is 1. The minimum absolute atomic E-state index is 0.0518. The van der Waals surface area contributed by atoms with Crippen molar-refractivity contribution in [2.45, 2.75) is 31.8 Å². The number of aryl methyl sites for hydroxylation is 2. The molecule has 0 aliphatic carbocycles. The average Bonchev–Trinajstić information content (AvgIpc) is 3.46. The first-order chi connectivity index (χ1) is 15.6. The molecule has 0 radical (unpaired) electrons. The quantitative estimate of drug-likeness (QED) is 0.394. The Morgan fingerprint density at radius 3 is 2.59 bits per heavy atom. The number of amides is 1. The van der Waals surface area contributed by atoms with E-state index in [4.69, 9.17) is 4.74 Å². The highest BCUT2D eigenvalue weighted by Gasteiger charge is 2.22. The van der Waals surface area contributed by atoms with E-state index in [2.05, 4.69) is 56.2 Å². The van der Waals surface area contributed by atoms with E-state index in [1.165, 1.54) is 17.3 Å². The van der Waals surface area contributed by atoms with E-state index in [1.54, 1.807) is 0 Å². The van der Waals surface area contributed by atoms with E-state index in [-0.39, 0.29) is 11.7 Å². The standard InChI is InChI=1S/C24H29N5O2S/c1-18-8-10-20(11-9-18)29-23(28-13-3-4-14-28)26-27-24(29)32-17-22(30)25-12-15-31-21-7-5-6-19(2)16-21/h5-11,16H,3-4,12-15,17H2,1-2H3,(H,25,30). The Kier molecular flexibility index (Phi) is 7.32. The first-order valence-electron chi connectivity index (χ1n) is 11.0. The third-order valence-electron chi connectivity index (χ3n) is 5.31. The van der Waals surface area contributed by atoms with Crippen molar-refractivity contribution in [2.24, 2.45) is 0 Å². The number of aromatic nitrogens is 3. The van der Waals surface area contributed by atoms with Crippen LogP contribution in [0.2, 0.25) is 0 Å². The second-order valence-electron chi connectivity index (χ2n) is 7.95. The zero-order valence-corrected chi connectivity index (χ0v) is 19.4. The summed E-state index contributed by atoms with van der Waals surface area (Å²) in [7, 11) is 0. The van der Waals surface area contributed by atoms with Crippen LogP contribution in [0.1, 0.15) is 24.0 Å². The van der Waals surface area contributed by atoms with Crippen molar-refractivity contribution in [1.29, 1.82) is 0 Å². The minimum Gasteiger partial charge on any atom is -0.492 e. The van der Waals surface area contributed by atoms with Crippen LogP contribution in [0.5, 0.6) is 5.75 Å². The molecule has 0 unspecified atom stereocenters. The Morgan fingerprint density at radius 2 is 1.84 bits per heavy atom. The molecule has 4 rings (SSSR count). The molecule has 168 valence electrons. The maximum absolute atomic E-state index is 12.4. The van der Waals surface area contributed by atoms with E-state index < -0.39 is 0 Å². The molecule has 0 spiro atoms. The normalized spacial score (nSPS) is 13.4. The zero-order valence-electron chi connectivity index (χ0n) is 18.6. The number of ether oxygens (including phenoxy) is 1. The summed E-state index contributed by atoms with van der Waals surface area (Å²) < 4.78 is 7.75. The number of anilines is 1. The highest BCUT2D eigenvalue weighted by atomic mass is 32.2. The lowest BCUT2D eigenvalue weighted by atomic mass is 10.2. The fraction of sp³-hybridized carbons (Fsp3) is 0.375. The van der Waals surface area contributed by atoms with Gasteiger partial charge in [0.05, 0.1) is 18.0 Å². The molecule has 1 aliphatic heterocycles. The molecule has 0 bridgehead atoms. The van der Waals surface area contributed by atoms with Gasteiger partial charge in [0.15, 0.2) is 5.16 Å². The molecule has 1 fully saturated rings. The van der Waals surface area contributed by atoms with Gasteiger partial charge < -0.3 is 15.0 Å². The van der Waals surface area contributed by atoms with Gasteiger partial charge in [-0.1, -0.05) is 41.6 Å². The van der Waals surface area contributed by atoms with Gasteiger partial charge >= 0.3 is 0 Å². The molecule has 0 saturated carbocycles. The SMILES string of the molecule is Cc1ccc(-n2c(SCC(=O)NCCOc3cccc(C)c3)nnc2N2CCCC2)cc1. The van der Waals surface area contributed by atoms with E-state index >= 15 is 0 Å². The van der Waals surface area contributed by atoms with Crippen molar-refractivity contribution in [3.8, 4) is 11.4 Å². The van der Waals surface area contributed by atoms with Crippen LogP contribution in [0, 0.1) is 13.8 Å². The number of rotatable bonds is 9. The van der Waals surface area contributed by atoms with Crippen LogP contribution < -0.4 is 15.0 Å². The first-order valence-corrected chi connectivity index (χ1v) is 11.9. The molecule has 1 N–H and O–H groups in total. The van der Waals surface area contributed by atoms with E-state index in [1.807, 2.05) is 31.2 Å². The van der Waals surface area contributed by atoms with Crippen LogP contribution in [0.4, 0.5) is 5.95 Å². The number of hydrogen-bond acceptors (Lipinski definition) is 6. The van der Waals surface area contributed by atoms with Gasteiger partial charge in [-0.3, -0.25) is 9.36 Å². The smallest absolute Gasteiger partial charge is 0.232 e. The van der Waals surface area contributed by atoms with E-state index in [9.17, 15) is 4.79 Å². The lowest BCUT2D eigenvalue weighted by Gasteiger charge is -2.18. The summed E-state index contributed by atoms with van der Waals surface area (Å²) in [6.45, 7) is 6.94. The van der Waals surface area contributed by atoms with Crippen molar-refractivity contribution in [3.05, 3.63) is 59.7 Å². The molecule has 1 saturated heterocycles. The summed E-state index contributed by atoms with van der Waals surface area (Å²) in [5.74, 6) is 1.88. The first kappa shape index (κ1) is 22.2. The summed E-state index contributed by atoms with van der Waals surface area (Å²) in [4.78, 5) is 14.6. The maximum atomic E-state index is 12.4. The topological polar surface area (TPSA) is 72.3 Å². The molecule has 32 heavy (non-hydrogen) atoms. The summed E-state index contributed by atoms with van der Waals surface area (Å²) >= 11 is 1.40. The highest BCUT2D eigenvalue weighted by molar-refractivity contribution is 7.99. The van der Waals surface area contributed by atoms with Crippen LogP contribution >= 0.6 is 11.8 Å². The second-order valence-corrected chi connectivity index (χ2v) is 8.89. The molecule has 3 aromatic rings. The summed E-state index contributed by atoms with van der Waals surface area (Å²) in [5.41, 5.74) is 3.36. The Labute approximate surface area is 193 Å². The number of benzene rings is 2. The largest absolute Gasteiger partial charge is 0.492 e. The summed E-state index contributed by atoms with van der Waals surface area (Å²) in [6.07, 6.45) is 2.33. The highest BCUT2D eigenvalue weighted by Crippen LogP contribution is 2.28. The van der Waals surface area contributed by atoms with E-state index in [0.29, 0.717) is 13.2 Å². The number of hydrogen-bond donors (Lipinski definition) is 1. The minimum atomic E-state index is -0.0518. The molecule has 2 aromatic carbocycles. The molecule has 1 amide bonds. The Morgan fingerprint density at radius 1 is 1.06 bits per heavy atom. The van der Waals surface area contributed by atoms with Gasteiger partial charge in [-0.25, -0.2) is 0 Å². The van der Waals surface area contributed by atoms with Crippen LogP contribution in [-0.4, -0.2) is 52.7 Å². The lowest BCUT2D eigenvalue weighted by molar-refractivity contribution is -0.118. The van der Waals surface area contributed by atoms with Crippen molar-refractivity contribution in [2.75, 3.05) is 36.9 Å². The fourth-order valence-electron chi connectivity index (χ4n) is 3.64. The monoisotopic (exact) mass is 451 g/mol. The molecule has 0 atom stereocenters. The molecule has 7 nitrogen and oxygen atoms in total. The van der Waals surface area contributed by atoms with E-state index in [0.717, 1.165) is 54.0 Å². The molecule has 8 heteroatoms. The van der Waals surface area contributed by atoms with Crippen LogP contribution in [0.15, 0.2) is 53.7 Å². The fourth-order valence-corrected chi connectivity index (χ4v) is 4.42. The number of nitrogens with zero attached hydrogens (tertiary/aromatic N) is 4. The molecule has 2 heterocycles. The molecular weight excluding hydrogens is 422 g/mol. The lowest BCUT2D eigenvalue weighted by Crippen LogP contribution is -2.29. The molecular formula is C24H29N5O2S. The predicted molar refractivity (Wildman–Crippen MR) is 128 cm³/mol. The van der Waals surface area contributed by atoms with Gasteiger partial charge in [-0.2, -0.15) is 0 Å². The van der Waals surface area contributed by atoms with Gasteiger partial charge in [-0.15, -0.1) is 10.2 Å². The van der Waals surface area contributed by atoms with Gasteiger partial charge in [0.2, 0.25) is 11.9 Å². The van der Waals surface area contributed by atoms with Gasteiger partial charge in [0.25, 0.3) is 0 Å². The van der Waals surface area contributed by atoms with Gasteiger partial charge in [-0.05, 0) is 56.5 Å². The molecule has 1 aromatic heterocycles. The Hall–Kier alpha value is -3.00. The zero-order chi connectivity index (χ0) is 22.3. The van der Waals surface area contributed by atoms with Crippen LogP contribution in [-0.2, 0) is 4.79 Å². The Balaban J connectivity index is 1.35. The average molecular weight is 452 g/mol. The number of thioether (sulfide) groups is 1.